The number of hydrogen-bond acceptors (Lipinski definition) is 3. The van der Waals surface area contributed by atoms with Crippen LogP contribution in [-0.2, 0) is 0 Å². The van der Waals surface area contributed by atoms with Crippen LogP contribution in [0.15, 0.2) is 0 Å². The maximum absolute atomic E-state index is 8.33. The third-order valence-corrected chi connectivity index (χ3v) is 35.9. The molecule has 0 fully saturated rings. The summed E-state index contributed by atoms with van der Waals surface area (Å²) < 4.78 is 2.99. The maximum Gasteiger partial charge on any atom is 0.0786 e. The first-order chi connectivity index (χ1) is 74.2. The Morgan fingerprint density at radius 2 is 0.133 bits per heavy atom. The number of carbonyl (C=O) groups excluding carboxylic acids is 1. The normalized spacial score (nSPS) is 11.8. The summed E-state index contributed by atoms with van der Waals surface area (Å²) in [6.07, 6.45) is 187. The van der Waals surface area contributed by atoms with Gasteiger partial charge in [-0.25, -0.2) is 0 Å². The summed E-state index contributed by atoms with van der Waals surface area (Å²) in [5, 5.41) is 16.7. The van der Waals surface area contributed by atoms with E-state index >= 15 is 0 Å². The van der Waals surface area contributed by atoms with E-state index in [1.807, 2.05) is 0 Å². The fraction of sp³-hybridized carbons (Fsp3) is 0.993. The molecular weight excluding hydrogens is 1820 g/mol. The summed E-state index contributed by atoms with van der Waals surface area (Å²) in [5.74, 6) is 0. The van der Waals surface area contributed by atoms with Gasteiger partial charge < -0.3 is 24.0 Å². The smallest absolute Gasteiger partial charge is 0.0786 e. The van der Waals surface area contributed by atoms with Crippen molar-refractivity contribution < 1.29 is 24.0 Å². The van der Waals surface area contributed by atoms with Crippen LogP contribution >= 0.6 is 0 Å². The van der Waals surface area contributed by atoms with Gasteiger partial charge in [-0.05, 0) is 109 Å². The van der Waals surface area contributed by atoms with E-state index in [4.69, 9.17) is 15.0 Å². The second-order valence-corrected chi connectivity index (χ2v) is 51.1. The highest BCUT2D eigenvalue weighted by molar-refractivity contribution is 5.47. The number of nitrogens with zero attached hydrogens (tertiary/aromatic N) is 2. The van der Waals surface area contributed by atoms with Crippen molar-refractivity contribution in [3.8, 4) is 0 Å². The molecule has 0 spiro atoms. The van der Waals surface area contributed by atoms with E-state index in [2.05, 4.69) is 55.4 Å². The van der Waals surface area contributed by atoms with Crippen LogP contribution in [0.3, 0.4) is 0 Å². The third-order valence-electron chi connectivity index (χ3n) is 35.9. The van der Waals surface area contributed by atoms with E-state index in [1.165, 1.54) is 883 Å². The van der Waals surface area contributed by atoms with E-state index in [0.29, 0.717) is 0 Å². The Kier molecular flexibility index (Phi) is 145. The van der Waals surface area contributed by atoms with E-state index < -0.39 is 6.16 Å². The van der Waals surface area contributed by atoms with E-state index in [1.54, 1.807) is 0 Å². The van der Waals surface area contributed by atoms with E-state index in [-0.39, 0.29) is 0 Å². The molecule has 0 aliphatic heterocycles. The molecule has 0 rings (SSSR count). The minimum Gasteiger partial charge on any atom is -0.652 e. The van der Waals surface area contributed by atoms with Crippen molar-refractivity contribution in [2.24, 2.45) is 0 Å². The van der Waals surface area contributed by atoms with Crippen LogP contribution in [0.1, 0.15) is 877 Å². The number of quaternary nitrogens is 2. The van der Waals surface area contributed by atoms with Crippen LogP contribution in [0.25, 0.3) is 0 Å². The van der Waals surface area contributed by atoms with Gasteiger partial charge in [-0.1, -0.05) is 775 Å². The highest BCUT2D eigenvalue weighted by Crippen LogP contribution is 2.29. The van der Waals surface area contributed by atoms with Gasteiger partial charge in [0.25, 0.3) is 0 Å². The predicted octanol–water partition coefficient (Wildman–Crippen LogP) is 51.3. The van der Waals surface area contributed by atoms with Crippen LogP contribution in [0, 0.1) is 0 Å². The second kappa shape index (κ2) is 142. The Labute approximate surface area is 953 Å². The first-order valence-electron chi connectivity index (χ1n) is 72.8. The first kappa shape index (κ1) is 153. The molecule has 0 aliphatic carbocycles. The predicted molar refractivity (Wildman–Crippen MR) is 681 cm³/mol. The molecule has 0 unspecified atom stereocenters. The molecule has 150 heavy (non-hydrogen) atoms. The Morgan fingerprint density at radius 1 is 0.0933 bits per heavy atom. The summed E-state index contributed by atoms with van der Waals surface area (Å²) in [7, 11) is 0. The number of rotatable bonds is 136. The molecule has 0 N–H and O–H groups in total. The minimum atomic E-state index is -2.33. The van der Waals surface area contributed by atoms with Crippen LogP contribution in [0.4, 0.5) is 4.79 Å². The lowest BCUT2D eigenvalue weighted by atomic mass is 10.0. The van der Waals surface area contributed by atoms with Crippen molar-refractivity contribution in [2.75, 3.05) is 52.4 Å². The zero-order valence-corrected chi connectivity index (χ0v) is 107. The van der Waals surface area contributed by atoms with Crippen molar-refractivity contribution in [3.05, 3.63) is 0 Å². The van der Waals surface area contributed by atoms with E-state index in [9.17, 15) is 0 Å². The van der Waals surface area contributed by atoms with Crippen LogP contribution < -0.4 is 10.2 Å². The lowest BCUT2D eigenvalue weighted by molar-refractivity contribution is -0.929. The quantitative estimate of drug-likeness (QED) is 0.0450. The topological polar surface area (TPSA) is 63.2 Å². The minimum absolute atomic E-state index is 1.37. The summed E-state index contributed by atoms with van der Waals surface area (Å²) in [6.45, 7) is 30.6. The Balaban J connectivity index is -0.00000278. The summed E-state index contributed by atoms with van der Waals surface area (Å²) in [5.41, 5.74) is 0. The molecule has 0 aliphatic rings. The highest BCUT2D eigenvalue weighted by atomic mass is 16.6. The standard InChI is InChI=1S/2C72H148N.CH2O3/c2*1-5-9-13-17-21-25-29-33-37-41-45-49-53-57-61-65-69-73(70-66-62-58-54-50-46-42-38-34-30-26-22-18-14-10-6-2,71-67-63-59-55-51-47-43-39-35-31-27-23-19-15-11-7-3)72-68-64-60-56-52-48-44-40-36-32-28-24-20-16-12-8-4;2-1(3)4/h2*5-72H2,1-4H3;(H2,2,3,4)/q2*+1;/p-2. The van der Waals surface area contributed by atoms with Gasteiger partial charge in [-0.15, -0.1) is 0 Å². The maximum atomic E-state index is 8.33. The van der Waals surface area contributed by atoms with Gasteiger partial charge >= 0.3 is 0 Å². The van der Waals surface area contributed by atoms with Crippen molar-refractivity contribution in [1.82, 2.24) is 0 Å². The molecule has 0 bridgehead atoms. The molecule has 0 aromatic heterocycles. The van der Waals surface area contributed by atoms with Gasteiger partial charge in [0.2, 0.25) is 0 Å². The van der Waals surface area contributed by atoms with Crippen molar-refractivity contribution >= 4 is 6.16 Å². The molecule has 0 atom stereocenters. The fourth-order valence-corrected chi connectivity index (χ4v) is 25.3. The highest BCUT2D eigenvalue weighted by Gasteiger charge is 2.28. The Morgan fingerprint density at radius 3 is 0.180 bits per heavy atom. The SMILES string of the molecule is CCCCCCCCCCCCCCCCCC[N+](CCCCCCCCCCCCCCCCCC)(CCCCCCCCCCCCCCCCCC)CCCCCCCCCCCCCCCCCC.CCCCCCCCCCCCCCCCCC[N+](CCCCCCCCCCCCCCCCCC)(CCCCCCCCCCCCCCCCCC)CCCCCCCCCCCCCCCCCC.O=C([O-])[O-]. The Bertz CT molecular complexity index is 1820. The lowest BCUT2D eigenvalue weighted by Gasteiger charge is -2.40. The monoisotopic (exact) mass is 2110 g/mol. The average Bonchev–Trinajstić information content (AvgIpc) is 0.871. The number of carboxylic acid groups (broad SMARTS) is 2. The summed E-state index contributed by atoms with van der Waals surface area (Å²) >= 11 is 0. The molecule has 0 heterocycles. The molecular formula is C145H296N2O3. The zero-order valence-electron chi connectivity index (χ0n) is 107. The molecule has 0 radical (unpaired) electrons. The van der Waals surface area contributed by atoms with Crippen LogP contribution in [0.5, 0.6) is 0 Å². The molecule has 0 amide bonds. The van der Waals surface area contributed by atoms with Gasteiger partial charge in [0.15, 0.2) is 0 Å². The van der Waals surface area contributed by atoms with Gasteiger partial charge in [0.05, 0.1) is 52.4 Å². The van der Waals surface area contributed by atoms with Gasteiger partial charge in [-0.2, -0.15) is 0 Å². The third kappa shape index (κ3) is 138. The second-order valence-electron chi connectivity index (χ2n) is 51.1. The lowest BCUT2D eigenvalue weighted by Crippen LogP contribution is -2.50. The van der Waals surface area contributed by atoms with Gasteiger partial charge in [-0.3, -0.25) is 0 Å². The largest absolute Gasteiger partial charge is 0.652 e. The van der Waals surface area contributed by atoms with Crippen molar-refractivity contribution in [2.45, 2.75) is 877 Å². The van der Waals surface area contributed by atoms with Gasteiger partial charge in [0.1, 0.15) is 0 Å². The number of unbranched alkanes of at least 4 members (excludes halogenated alkanes) is 120. The molecule has 0 saturated carbocycles. The fourth-order valence-electron chi connectivity index (χ4n) is 25.3. The molecule has 0 aromatic rings. The van der Waals surface area contributed by atoms with Crippen LogP contribution in [-0.4, -0.2) is 67.5 Å². The molecule has 0 aromatic carbocycles. The summed E-state index contributed by atoms with van der Waals surface area (Å²) in [6, 6.07) is 0. The zero-order chi connectivity index (χ0) is 109. The number of hydrogen-bond donors (Lipinski definition) is 0. The molecule has 904 valence electrons. The number of carbonyl (C=O) groups is 1. The molecule has 0 saturated heterocycles. The van der Waals surface area contributed by atoms with Gasteiger partial charge in [0, 0.05) is 0 Å². The average molecular weight is 2120 g/mol. The summed E-state index contributed by atoms with van der Waals surface area (Å²) in [4.78, 5) is 8.33. The van der Waals surface area contributed by atoms with Crippen molar-refractivity contribution in [3.63, 3.8) is 0 Å². The van der Waals surface area contributed by atoms with Crippen molar-refractivity contribution in [1.29, 1.82) is 0 Å². The molecule has 5 nitrogen and oxygen atoms in total. The Hall–Kier alpha value is -0.810. The van der Waals surface area contributed by atoms with Crippen LogP contribution in [0.2, 0.25) is 0 Å². The van der Waals surface area contributed by atoms with E-state index in [0.717, 1.165) is 0 Å². The first-order valence-corrected chi connectivity index (χ1v) is 72.8. The molecule has 5 heteroatoms.